The Hall–Kier alpha value is -3.91. The van der Waals surface area contributed by atoms with Crippen LogP contribution < -0.4 is 5.32 Å². The monoisotopic (exact) mass is 474 g/mol. The lowest BCUT2D eigenvalue weighted by Crippen LogP contribution is -2.17. The summed E-state index contributed by atoms with van der Waals surface area (Å²) in [6.45, 7) is 0.254. The molecule has 172 valence electrons. The third-order valence-corrected chi connectivity index (χ3v) is 7.26. The molecule has 1 aliphatic carbocycles. The zero-order valence-corrected chi connectivity index (χ0v) is 19.0. The normalized spacial score (nSPS) is 13.9. The first-order valence-corrected chi connectivity index (χ1v) is 11.7. The average Bonchev–Trinajstić information content (AvgIpc) is 3.29. The van der Waals surface area contributed by atoms with E-state index >= 15 is 0 Å². The summed E-state index contributed by atoms with van der Waals surface area (Å²) in [5.41, 5.74) is 2.13. The highest BCUT2D eigenvalue weighted by molar-refractivity contribution is 7.15. The molecule has 1 amide bonds. The molecule has 0 saturated heterocycles. The Morgan fingerprint density at radius 3 is 2.47 bits per heavy atom. The molecule has 2 aromatic carbocycles. The number of hydrogen-bond acceptors (Lipinski definition) is 6. The number of carbonyl (C=O) groups excluding carboxylic acids is 1. The van der Waals surface area contributed by atoms with Crippen LogP contribution in [0.15, 0.2) is 77.5 Å². The highest BCUT2D eigenvalue weighted by Gasteiger charge is 2.52. The summed E-state index contributed by atoms with van der Waals surface area (Å²) < 4.78 is 10.8. The Kier molecular flexibility index (Phi) is 5.90. The van der Waals surface area contributed by atoms with Crippen LogP contribution in [0.3, 0.4) is 0 Å². The second kappa shape index (κ2) is 9.15. The van der Waals surface area contributed by atoms with E-state index in [9.17, 15) is 14.7 Å². The Morgan fingerprint density at radius 1 is 1.03 bits per heavy atom. The number of amides is 1. The molecule has 2 heterocycles. The predicted octanol–water partition coefficient (Wildman–Crippen LogP) is 5.98. The van der Waals surface area contributed by atoms with Crippen molar-refractivity contribution in [1.82, 2.24) is 4.98 Å². The number of benzene rings is 2. The first-order chi connectivity index (χ1) is 16.5. The number of nitrogens with zero attached hydrogens (tertiary/aromatic N) is 1. The highest BCUT2D eigenvalue weighted by Crippen LogP contribution is 2.51. The van der Waals surface area contributed by atoms with E-state index in [4.69, 9.17) is 9.15 Å². The van der Waals surface area contributed by atoms with Crippen molar-refractivity contribution in [2.24, 2.45) is 0 Å². The van der Waals surface area contributed by atoms with E-state index in [-0.39, 0.29) is 12.4 Å². The molecule has 7 nitrogen and oxygen atoms in total. The second-order valence-electron chi connectivity index (χ2n) is 8.16. The van der Waals surface area contributed by atoms with Crippen molar-refractivity contribution in [1.29, 1.82) is 0 Å². The van der Waals surface area contributed by atoms with Crippen LogP contribution in [-0.4, -0.2) is 28.8 Å². The summed E-state index contributed by atoms with van der Waals surface area (Å²) in [7, 11) is 0. The van der Waals surface area contributed by atoms with Crippen LogP contribution in [0, 0.1) is 0 Å². The maximum atomic E-state index is 12.2. The van der Waals surface area contributed by atoms with E-state index in [0.717, 1.165) is 26.4 Å². The first-order valence-electron chi connectivity index (χ1n) is 10.9. The number of thiophene rings is 1. The second-order valence-corrected chi connectivity index (χ2v) is 9.24. The van der Waals surface area contributed by atoms with Crippen LogP contribution in [0.1, 0.15) is 23.3 Å². The summed E-state index contributed by atoms with van der Waals surface area (Å²) in [4.78, 5) is 29.8. The zero-order valence-electron chi connectivity index (χ0n) is 18.2. The van der Waals surface area contributed by atoms with Gasteiger partial charge >= 0.3 is 12.1 Å². The number of aromatic nitrogens is 1. The molecule has 4 aromatic rings. The maximum Gasteiger partial charge on any atom is 0.412 e. The summed E-state index contributed by atoms with van der Waals surface area (Å²) in [5.74, 6) is -0.0329. The molecule has 1 aliphatic rings. The molecule has 8 heteroatoms. The Bertz CT molecular complexity index is 1310. The third kappa shape index (κ3) is 4.45. The fraction of sp³-hybridized carbons (Fsp3) is 0.192. The van der Waals surface area contributed by atoms with Crippen LogP contribution in [-0.2, 0) is 21.4 Å². The van der Waals surface area contributed by atoms with Gasteiger partial charge in [-0.05, 0) is 36.1 Å². The van der Waals surface area contributed by atoms with Gasteiger partial charge < -0.3 is 14.3 Å². The van der Waals surface area contributed by atoms with Crippen LogP contribution in [0.5, 0.6) is 0 Å². The molecule has 0 unspecified atom stereocenters. The zero-order chi connectivity index (χ0) is 23.5. The lowest BCUT2D eigenvalue weighted by Gasteiger charge is -2.07. The van der Waals surface area contributed by atoms with Gasteiger partial charge in [-0.25, -0.2) is 4.79 Å². The lowest BCUT2D eigenvalue weighted by molar-refractivity contribution is -0.139. The minimum Gasteiger partial charge on any atom is -0.481 e. The van der Waals surface area contributed by atoms with Gasteiger partial charge in [0.25, 0.3) is 0 Å². The molecular weight excluding hydrogens is 452 g/mol. The molecule has 0 atom stereocenters. The van der Waals surface area contributed by atoms with E-state index in [2.05, 4.69) is 10.3 Å². The molecule has 0 bridgehead atoms. The summed E-state index contributed by atoms with van der Waals surface area (Å²) in [5, 5.41) is 12.2. The quantitative estimate of drug-likeness (QED) is 0.326. The van der Waals surface area contributed by atoms with E-state index in [1.54, 1.807) is 0 Å². The number of oxazole rings is 1. The third-order valence-electron chi connectivity index (χ3n) is 5.92. The molecule has 34 heavy (non-hydrogen) atoms. The van der Waals surface area contributed by atoms with Crippen molar-refractivity contribution in [3.63, 3.8) is 0 Å². The standard InChI is InChI=1S/C26H22N2O5S/c29-24(30)26(13-14-26)21-11-10-20(34-21)18-6-8-19(9-7-18)22-23(27-16-33-22)28-25(31)32-15-12-17-4-2-1-3-5-17/h1-11,16H,12-15H2,(H,28,31)(H,29,30). The number of aliphatic carboxylic acids is 1. The maximum absolute atomic E-state index is 12.2. The molecule has 5 rings (SSSR count). The van der Waals surface area contributed by atoms with Gasteiger partial charge in [-0.2, -0.15) is 4.98 Å². The first kappa shape index (κ1) is 21.9. The van der Waals surface area contributed by atoms with Gasteiger partial charge in [0, 0.05) is 21.7 Å². The molecule has 2 aromatic heterocycles. The topological polar surface area (TPSA) is 102 Å². The van der Waals surface area contributed by atoms with Crippen molar-refractivity contribution in [3.8, 4) is 21.8 Å². The van der Waals surface area contributed by atoms with Crippen molar-refractivity contribution in [2.45, 2.75) is 24.7 Å². The Morgan fingerprint density at radius 2 is 1.76 bits per heavy atom. The average molecular weight is 475 g/mol. The number of rotatable bonds is 8. The lowest BCUT2D eigenvalue weighted by atomic mass is 10.1. The number of carboxylic acids is 1. The number of ether oxygens (including phenoxy) is 1. The van der Waals surface area contributed by atoms with E-state index in [1.807, 2.05) is 66.7 Å². The van der Waals surface area contributed by atoms with Crippen molar-refractivity contribution < 1.29 is 23.8 Å². The predicted molar refractivity (Wildman–Crippen MR) is 129 cm³/mol. The minimum absolute atomic E-state index is 0.254. The van der Waals surface area contributed by atoms with Crippen LogP contribution in [0.4, 0.5) is 10.6 Å². The van der Waals surface area contributed by atoms with Crippen molar-refractivity contribution in [3.05, 3.63) is 83.6 Å². The highest BCUT2D eigenvalue weighted by atomic mass is 32.1. The van der Waals surface area contributed by atoms with Gasteiger partial charge in [0.05, 0.1) is 6.61 Å². The van der Waals surface area contributed by atoms with E-state index < -0.39 is 17.5 Å². The van der Waals surface area contributed by atoms with Crippen LogP contribution >= 0.6 is 11.3 Å². The Labute approximate surface area is 200 Å². The number of hydrogen-bond donors (Lipinski definition) is 2. The Balaban J connectivity index is 1.23. The van der Waals surface area contributed by atoms with Crippen LogP contribution in [0.25, 0.3) is 21.8 Å². The van der Waals surface area contributed by atoms with Crippen molar-refractivity contribution in [2.75, 3.05) is 11.9 Å². The number of carboxylic acid groups (broad SMARTS) is 1. The summed E-state index contributed by atoms with van der Waals surface area (Å²) in [6.07, 6.45) is 2.68. The van der Waals surface area contributed by atoms with E-state index in [1.165, 1.54) is 17.7 Å². The molecule has 1 saturated carbocycles. The van der Waals surface area contributed by atoms with Crippen molar-refractivity contribution >= 4 is 29.2 Å². The molecule has 1 fully saturated rings. The fourth-order valence-corrected chi connectivity index (χ4v) is 5.06. The summed E-state index contributed by atoms with van der Waals surface area (Å²) in [6, 6.07) is 21.3. The molecule has 0 spiro atoms. The smallest absolute Gasteiger partial charge is 0.412 e. The van der Waals surface area contributed by atoms with E-state index in [0.29, 0.717) is 25.0 Å². The fourth-order valence-electron chi connectivity index (χ4n) is 3.81. The van der Waals surface area contributed by atoms with Gasteiger partial charge in [0.15, 0.2) is 18.0 Å². The van der Waals surface area contributed by atoms with Crippen LogP contribution in [0.2, 0.25) is 0 Å². The number of anilines is 1. The number of carbonyl (C=O) groups is 2. The molecule has 2 N–H and O–H groups in total. The molecular formula is C26H22N2O5S. The van der Waals surface area contributed by atoms with Gasteiger partial charge in [-0.15, -0.1) is 11.3 Å². The van der Waals surface area contributed by atoms with Gasteiger partial charge in [0.1, 0.15) is 5.41 Å². The van der Waals surface area contributed by atoms with Gasteiger partial charge in [0.2, 0.25) is 0 Å². The minimum atomic E-state index is -0.750. The van der Waals surface area contributed by atoms with Gasteiger partial charge in [-0.1, -0.05) is 54.6 Å². The van der Waals surface area contributed by atoms with Gasteiger partial charge in [-0.3, -0.25) is 10.1 Å². The molecule has 0 aliphatic heterocycles. The largest absolute Gasteiger partial charge is 0.481 e. The summed E-state index contributed by atoms with van der Waals surface area (Å²) >= 11 is 1.51. The SMILES string of the molecule is O=C(Nc1ncoc1-c1ccc(-c2ccc(C3(C(=O)O)CC3)s2)cc1)OCCc1ccccc1. The molecule has 0 radical (unpaired) electrons. The number of nitrogens with one attached hydrogen (secondary N) is 1.